The summed E-state index contributed by atoms with van der Waals surface area (Å²) in [5.74, 6) is 1.49. The van der Waals surface area contributed by atoms with E-state index in [4.69, 9.17) is 9.47 Å². The lowest BCUT2D eigenvalue weighted by Gasteiger charge is -2.20. The first-order chi connectivity index (χ1) is 11.4. The predicted molar refractivity (Wildman–Crippen MR) is 97.3 cm³/mol. The van der Waals surface area contributed by atoms with Crippen LogP contribution in [-0.2, 0) is 11.3 Å². The predicted octanol–water partition coefficient (Wildman–Crippen LogP) is 2.14. The van der Waals surface area contributed by atoms with E-state index in [0.29, 0.717) is 24.0 Å². The molecule has 9 heteroatoms. The Bertz CT molecular complexity index is 671. The Morgan fingerprint density at radius 3 is 2.64 bits per heavy atom. The topological polar surface area (TPSA) is 101 Å². The van der Waals surface area contributed by atoms with Crippen molar-refractivity contribution < 1.29 is 14.3 Å². The lowest BCUT2D eigenvalue weighted by molar-refractivity contribution is -0.124. The fourth-order valence-corrected chi connectivity index (χ4v) is 2.02. The Kier molecular flexibility index (Phi) is 7.50. The number of nitrogens with one attached hydrogen (secondary N) is 3. The quantitative estimate of drug-likeness (QED) is 0.691. The molecular formula is C16H24ClN5O3. The van der Waals surface area contributed by atoms with Gasteiger partial charge in [-0.15, -0.1) is 12.4 Å². The molecular weight excluding hydrogens is 346 g/mol. The van der Waals surface area contributed by atoms with Gasteiger partial charge in [-0.25, -0.2) is 10.1 Å². The zero-order valence-electron chi connectivity index (χ0n) is 14.8. The summed E-state index contributed by atoms with van der Waals surface area (Å²) in [4.78, 5) is 15.8. The maximum absolute atomic E-state index is 11.8. The van der Waals surface area contributed by atoms with Crippen LogP contribution in [0.5, 0.6) is 11.5 Å². The monoisotopic (exact) mass is 369 g/mol. The molecule has 0 aliphatic rings. The Balaban J connectivity index is 0.00000312. The number of aromatic amines is 1. The molecule has 1 amide bonds. The number of aromatic nitrogens is 3. The van der Waals surface area contributed by atoms with Crippen molar-refractivity contribution in [2.24, 2.45) is 0 Å². The van der Waals surface area contributed by atoms with Gasteiger partial charge in [0.1, 0.15) is 6.33 Å². The molecule has 2 rings (SSSR count). The molecule has 0 fully saturated rings. The van der Waals surface area contributed by atoms with Crippen molar-refractivity contribution in [2.75, 3.05) is 19.0 Å². The number of amides is 1. The number of halogens is 1. The molecule has 0 spiro atoms. The summed E-state index contributed by atoms with van der Waals surface area (Å²) in [6, 6.07) is 5.52. The van der Waals surface area contributed by atoms with Crippen LogP contribution < -0.4 is 20.1 Å². The molecule has 0 radical (unpaired) electrons. The number of nitrogens with zero attached hydrogens (tertiary/aromatic N) is 2. The van der Waals surface area contributed by atoms with E-state index in [0.717, 1.165) is 5.56 Å². The zero-order valence-corrected chi connectivity index (χ0v) is 15.6. The summed E-state index contributed by atoms with van der Waals surface area (Å²) >= 11 is 0. The number of carbonyl (C=O) groups excluding carboxylic acids is 1. The number of carbonyl (C=O) groups is 1. The van der Waals surface area contributed by atoms with Gasteiger partial charge >= 0.3 is 0 Å². The van der Waals surface area contributed by atoms with Crippen molar-refractivity contribution in [2.45, 2.75) is 32.9 Å². The van der Waals surface area contributed by atoms with Gasteiger partial charge in [0.15, 0.2) is 18.1 Å². The van der Waals surface area contributed by atoms with Crippen LogP contribution >= 0.6 is 12.4 Å². The van der Waals surface area contributed by atoms with Gasteiger partial charge in [0.25, 0.3) is 5.91 Å². The van der Waals surface area contributed by atoms with Crippen LogP contribution in [0.1, 0.15) is 26.3 Å². The number of rotatable bonds is 7. The van der Waals surface area contributed by atoms with Gasteiger partial charge in [-0.1, -0.05) is 6.07 Å². The smallest absolute Gasteiger partial charge is 0.258 e. The minimum absolute atomic E-state index is 0. The fourth-order valence-electron chi connectivity index (χ4n) is 2.02. The standard InChI is InChI=1S/C16H23N5O3.ClH/c1-16(2,3)20-14(22)9-24-12-6-5-11(7-13(12)23-4)8-17-15-18-10-19-21-15;/h5-7,10H,8-9H2,1-4H3,(H,20,22)(H2,17,18,19,21);1H. The molecule has 0 aliphatic heterocycles. The fraction of sp³-hybridized carbons (Fsp3) is 0.438. The molecule has 0 aliphatic carbocycles. The highest BCUT2D eigenvalue weighted by Gasteiger charge is 2.15. The third-order valence-electron chi connectivity index (χ3n) is 2.98. The zero-order chi connectivity index (χ0) is 17.6. The molecule has 8 nitrogen and oxygen atoms in total. The van der Waals surface area contributed by atoms with Gasteiger partial charge in [0, 0.05) is 12.1 Å². The molecule has 0 atom stereocenters. The van der Waals surface area contributed by atoms with E-state index in [1.54, 1.807) is 13.2 Å². The molecule has 1 aromatic carbocycles. The molecule has 2 aromatic rings. The van der Waals surface area contributed by atoms with Crippen molar-refractivity contribution in [1.82, 2.24) is 20.5 Å². The number of methoxy groups -OCH3 is 1. The minimum atomic E-state index is -0.291. The van der Waals surface area contributed by atoms with Crippen molar-refractivity contribution in [3.8, 4) is 11.5 Å². The maximum atomic E-state index is 11.8. The van der Waals surface area contributed by atoms with E-state index in [-0.39, 0.29) is 30.5 Å². The van der Waals surface area contributed by atoms with Crippen molar-refractivity contribution >= 4 is 24.3 Å². The first-order valence-corrected chi connectivity index (χ1v) is 7.57. The Morgan fingerprint density at radius 1 is 1.28 bits per heavy atom. The lowest BCUT2D eigenvalue weighted by Crippen LogP contribution is -2.43. The number of H-pyrrole nitrogens is 1. The van der Waals surface area contributed by atoms with Gasteiger partial charge in [0.2, 0.25) is 5.95 Å². The van der Waals surface area contributed by atoms with E-state index in [9.17, 15) is 4.79 Å². The molecule has 3 N–H and O–H groups in total. The van der Waals surface area contributed by atoms with E-state index in [1.807, 2.05) is 32.9 Å². The van der Waals surface area contributed by atoms with Gasteiger partial charge in [0.05, 0.1) is 7.11 Å². The van der Waals surface area contributed by atoms with Crippen LogP contribution in [0.15, 0.2) is 24.5 Å². The molecule has 0 saturated carbocycles. The summed E-state index contributed by atoms with van der Waals surface area (Å²) < 4.78 is 10.9. The molecule has 1 aromatic heterocycles. The second kappa shape index (κ2) is 9.12. The van der Waals surface area contributed by atoms with Crippen LogP contribution in [0.3, 0.4) is 0 Å². The van der Waals surface area contributed by atoms with Gasteiger partial charge < -0.3 is 20.1 Å². The summed E-state index contributed by atoms with van der Waals surface area (Å²) in [5.41, 5.74) is 0.690. The van der Waals surface area contributed by atoms with Gasteiger partial charge in [-0.3, -0.25) is 4.79 Å². The normalized spacial score (nSPS) is 10.6. The molecule has 0 bridgehead atoms. The maximum Gasteiger partial charge on any atom is 0.258 e. The van der Waals surface area contributed by atoms with E-state index < -0.39 is 0 Å². The van der Waals surface area contributed by atoms with Crippen molar-refractivity contribution in [3.05, 3.63) is 30.1 Å². The molecule has 138 valence electrons. The third kappa shape index (κ3) is 6.88. The highest BCUT2D eigenvalue weighted by atomic mass is 35.5. The first kappa shape index (κ1) is 20.6. The summed E-state index contributed by atoms with van der Waals surface area (Å²) in [6.45, 7) is 6.24. The number of hydrogen-bond acceptors (Lipinski definition) is 6. The SMILES string of the molecule is COc1cc(CNc2ncn[nH]2)ccc1OCC(=O)NC(C)(C)C.Cl. The van der Waals surface area contributed by atoms with Crippen LogP contribution in [0.25, 0.3) is 0 Å². The number of ether oxygens (including phenoxy) is 2. The van der Waals surface area contributed by atoms with Crippen LogP contribution in [0.4, 0.5) is 5.95 Å². The van der Waals surface area contributed by atoms with Crippen LogP contribution in [0.2, 0.25) is 0 Å². The Labute approximate surface area is 153 Å². The highest BCUT2D eigenvalue weighted by molar-refractivity contribution is 5.85. The molecule has 1 heterocycles. The van der Waals surface area contributed by atoms with Crippen LogP contribution in [-0.4, -0.2) is 40.3 Å². The van der Waals surface area contributed by atoms with Gasteiger partial charge in [-0.2, -0.15) is 5.10 Å². The largest absolute Gasteiger partial charge is 0.493 e. The first-order valence-electron chi connectivity index (χ1n) is 7.57. The average Bonchev–Trinajstić information content (AvgIpc) is 3.03. The molecule has 25 heavy (non-hydrogen) atoms. The number of anilines is 1. The van der Waals surface area contributed by atoms with Gasteiger partial charge in [-0.05, 0) is 38.5 Å². The van der Waals surface area contributed by atoms with E-state index in [1.165, 1.54) is 6.33 Å². The number of benzene rings is 1. The van der Waals surface area contributed by atoms with E-state index in [2.05, 4.69) is 25.8 Å². The van der Waals surface area contributed by atoms with Crippen molar-refractivity contribution in [1.29, 1.82) is 0 Å². The Morgan fingerprint density at radius 2 is 2.04 bits per heavy atom. The Hall–Kier alpha value is -2.48. The molecule has 0 unspecified atom stereocenters. The lowest BCUT2D eigenvalue weighted by atomic mass is 10.1. The summed E-state index contributed by atoms with van der Waals surface area (Å²) in [5, 5.41) is 12.4. The van der Waals surface area contributed by atoms with Crippen LogP contribution in [0, 0.1) is 0 Å². The summed E-state index contributed by atoms with van der Waals surface area (Å²) in [7, 11) is 1.56. The minimum Gasteiger partial charge on any atom is -0.493 e. The second-order valence-electron chi connectivity index (χ2n) is 6.26. The van der Waals surface area contributed by atoms with Crippen molar-refractivity contribution in [3.63, 3.8) is 0 Å². The molecule has 0 saturated heterocycles. The summed E-state index contributed by atoms with van der Waals surface area (Å²) in [6.07, 6.45) is 1.43. The van der Waals surface area contributed by atoms with E-state index >= 15 is 0 Å². The average molecular weight is 370 g/mol. The second-order valence-corrected chi connectivity index (χ2v) is 6.26. The third-order valence-corrected chi connectivity index (χ3v) is 2.98. The highest BCUT2D eigenvalue weighted by Crippen LogP contribution is 2.28. The number of hydrogen-bond donors (Lipinski definition) is 3.